The summed E-state index contributed by atoms with van der Waals surface area (Å²) in [7, 11) is 7.71. The zero-order chi connectivity index (χ0) is 32.2. The molecule has 2 aliphatic rings. The first-order valence-corrected chi connectivity index (χ1v) is 16.2. The number of rotatable bonds is 13. The summed E-state index contributed by atoms with van der Waals surface area (Å²) in [5, 5.41) is 7.62. The Bertz CT molecular complexity index is 1720. The second-order valence-electron chi connectivity index (χ2n) is 12.6. The number of amides is 1. The average molecular weight is 624 g/mol. The third kappa shape index (κ3) is 6.73. The minimum atomic E-state index is -0.290. The molecule has 4 heterocycles. The van der Waals surface area contributed by atoms with Crippen LogP contribution in [-0.4, -0.2) is 79.9 Å². The molecule has 1 fully saturated rings. The summed E-state index contributed by atoms with van der Waals surface area (Å²) in [5.74, 6) is 1.35. The lowest BCUT2D eigenvalue weighted by Gasteiger charge is -2.26. The van der Waals surface area contributed by atoms with Crippen LogP contribution in [0.25, 0.3) is 22.2 Å². The zero-order valence-electron chi connectivity index (χ0n) is 27.4. The number of hydrogen-bond donors (Lipinski definition) is 2. The van der Waals surface area contributed by atoms with E-state index in [1.54, 1.807) is 7.11 Å². The predicted octanol–water partition coefficient (Wildman–Crippen LogP) is 5.89. The fourth-order valence-corrected chi connectivity index (χ4v) is 6.52. The topological polar surface area (TPSA) is 96.8 Å². The summed E-state index contributed by atoms with van der Waals surface area (Å²) < 4.78 is 13.9. The maximum atomic E-state index is 12.5. The summed E-state index contributed by atoms with van der Waals surface area (Å²) in [6.45, 7) is 7.92. The number of anilines is 4. The van der Waals surface area contributed by atoms with E-state index in [9.17, 15) is 4.79 Å². The number of likely N-dealkylation sites (N-methyl/N-ethyl adjacent to an activating group) is 2. The minimum absolute atomic E-state index is 0.290. The van der Waals surface area contributed by atoms with Crippen molar-refractivity contribution in [2.24, 2.45) is 5.92 Å². The first-order chi connectivity index (χ1) is 22.3. The summed E-state index contributed by atoms with van der Waals surface area (Å²) in [5.41, 5.74) is 8.03. The number of hydrogen-bond acceptors (Lipinski definition) is 8. The fraction of sp³-hybridized carbons (Fsp3) is 0.417. The number of carbonyl (C=O) groups is 1. The van der Waals surface area contributed by atoms with E-state index in [4.69, 9.17) is 19.4 Å². The second-order valence-corrected chi connectivity index (χ2v) is 12.6. The third-order valence-electron chi connectivity index (χ3n) is 9.09. The van der Waals surface area contributed by atoms with E-state index in [0.717, 1.165) is 87.5 Å². The van der Waals surface area contributed by atoms with E-state index in [1.165, 1.54) is 22.5 Å². The molecule has 10 nitrogen and oxygen atoms in total. The molecule has 0 radical (unpaired) electrons. The van der Waals surface area contributed by atoms with Crippen molar-refractivity contribution in [1.29, 1.82) is 0 Å². The molecule has 1 saturated heterocycles. The molecular formula is C36H45N7O3. The van der Waals surface area contributed by atoms with Crippen LogP contribution in [0.5, 0.6) is 5.75 Å². The lowest BCUT2D eigenvalue weighted by atomic mass is 9.96. The van der Waals surface area contributed by atoms with Gasteiger partial charge in [0.25, 0.3) is 0 Å². The summed E-state index contributed by atoms with van der Waals surface area (Å²) in [6.07, 6.45) is 10.7. The Hall–Kier alpha value is -4.41. The molecule has 10 heteroatoms. The molecule has 0 saturated carbocycles. The van der Waals surface area contributed by atoms with Gasteiger partial charge in [-0.15, -0.1) is 0 Å². The van der Waals surface area contributed by atoms with Gasteiger partial charge in [-0.1, -0.05) is 24.8 Å². The largest absolute Gasteiger partial charge is 0.494 e. The van der Waals surface area contributed by atoms with Crippen LogP contribution in [0.3, 0.4) is 0 Å². The molecule has 2 N–H and O–H groups in total. The molecule has 2 aromatic heterocycles. The SMILES string of the molecule is C=CC(=O)Nc1cc(Nc2ncc(CCC3CCOC3)c(-c3cn4c5c(cccc35)CCC4)n2)c(OC)cc1N(C)CCN(C)C. The number of methoxy groups -OCH3 is 1. The quantitative estimate of drug-likeness (QED) is 0.178. The lowest BCUT2D eigenvalue weighted by Crippen LogP contribution is -2.29. The molecule has 1 atom stereocenters. The first kappa shape index (κ1) is 31.6. The van der Waals surface area contributed by atoms with Crippen LogP contribution >= 0.6 is 0 Å². The highest BCUT2D eigenvalue weighted by molar-refractivity contribution is 6.02. The van der Waals surface area contributed by atoms with Crippen molar-refractivity contribution in [2.45, 2.75) is 38.6 Å². The van der Waals surface area contributed by atoms with Crippen molar-refractivity contribution in [1.82, 2.24) is 19.4 Å². The van der Waals surface area contributed by atoms with Gasteiger partial charge in [-0.05, 0) is 75.4 Å². The van der Waals surface area contributed by atoms with Gasteiger partial charge in [-0.2, -0.15) is 0 Å². The summed E-state index contributed by atoms with van der Waals surface area (Å²) >= 11 is 0. The fourth-order valence-electron chi connectivity index (χ4n) is 6.52. The Morgan fingerprint density at radius 3 is 2.85 bits per heavy atom. The lowest BCUT2D eigenvalue weighted by molar-refractivity contribution is -0.111. The maximum Gasteiger partial charge on any atom is 0.247 e. The van der Waals surface area contributed by atoms with Crippen molar-refractivity contribution in [3.8, 4) is 17.0 Å². The summed E-state index contributed by atoms with van der Waals surface area (Å²) in [4.78, 5) is 26.7. The third-order valence-corrected chi connectivity index (χ3v) is 9.09. The van der Waals surface area contributed by atoms with Gasteiger partial charge in [0, 0.05) is 69.3 Å². The van der Waals surface area contributed by atoms with Crippen molar-refractivity contribution in [2.75, 3.05) is 70.1 Å². The van der Waals surface area contributed by atoms with Crippen molar-refractivity contribution >= 4 is 39.8 Å². The highest BCUT2D eigenvalue weighted by Gasteiger charge is 2.23. The molecular weight excluding hydrogens is 578 g/mol. The van der Waals surface area contributed by atoms with Gasteiger partial charge in [-0.3, -0.25) is 4.79 Å². The molecule has 0 aliphatic carbocycles. The van der Waals surface area contributed by atoms with Crippen LogP contribution in [-0.2, 0) is 28.9 Å². The van der Waals surface area contributed by atoms with Crippen molar-refractivity contribution in [3.63, 3.8) is 0 Å². The van der Waals surface area contributed by atoms with Gasteiger partial charge in [0.05, 0.1) is 35.4 Å². The van der Waals surface area contributed by atoms with E-state index < -0.39 is 0 Å². The van der Waals surface area contributed by atoms with E-state index in [2.05, 4.69) is 56.0 Å². The van der Waals surface area contributed by atoms with Gasteiger partial charge in [-0.25, -0.2) is 9.97 Å². The Labute approximate surface area is 271 Å². The normalized spacial score (nSPS) is 15.7. The molecule has 6 rings (SSSR count). The monoisotopic (exact) mass is 623 g/mol. The van der Waals surface area contributed by atoms with Crippen molar-refractivity contribution in [3.05, 3.63) is 66.5 Å². The Morgan fingerprint density at radius 1 is 1.22 bits per heavy atom. The van der Waals surface area contributed by atoms with Gasteiger partial charge >= 0.3 is 0 Å². The Balaban J connectivity index is 1.39. The van der Waals surface area contributed by atoms with Gasteiger partial charge in [0.1, 0.15) is 5.75 Å². The number of aromatic nitrogens is 3. The van der Waals surface area contributed by atoms with Gasteiger partial charge in [0.15, 0.2) is 0 Å². The maximum absolute atomic E-state index is 12.5. The van der Waals surface area contributed by atoms with Crippen LogP contribution in [0.4, 0.5) is 23.0 Å². The van der Waals surface area contributed by atoms with E-state index in [1.807, 2.05) is 39.5 Å². The number of nitrogens with zero attached hydrogens (tertiary/aromatic N) is 5. The van der Waals surface area contributed by atoms with E-state index in [0.29, 0.717) is 29.0 Å². The molecule has 2 aliphatic heterocycles. The molecule has 46 heavy (non-hydrogen) atoms. The smallest absolute Gasteiger partial charge is 0.247 e. The van der Waals surface area contributed by atoms with Crippen LogP contribution in [0.15, 0.2) is 55.4 Å². The molecule has 2 aromatic carbocycles. The Kier molecular flexibility index (Phi) is 9.56. The number of nitrogens with one attached hydrogen (secondary N) is 2. The van der Waals surface area contributed by atoms with Crippen LogP contribution in [0.1, 0.15) is 30.4 Å². The number of aryl methyl sites for hydroxylation is 3. The highest BCUT2D eigenvalue weighted by Crippen LogP contribution is 2.40. The average Bonchev–Trinajstić information content (AvgIpc) is 3.72. The summed E-state index contributed by atoms with van der Waals surface area (Å²) in [6, 6.07) is 10.4. The minimum Gasteiger partial charge on any atom is -0.494 e. The number of carbonyl (C=O) groups excluding carboxylic acids is 1. The molecule has 1 amide bonds. The van der Waals surface area contributed by atoms with Gasteiger partial charge < -0.3 is 34.5 Å². The number of benzene rings is 2. The molecule has 242 valence electrons. The Morgan fingerprint density at radius 2 is 2.09 bits per heavy atom. The zero-order valence-corrected chi connectivity index (χ0v) is 27.4. The van der Waals surface area contributed by atoms with Gasteiger partial charge in [0.2, 0.25) is 11.9 Å². The standard InChI is InChI=1S/C36H45N7O3/c1-6-33(44)38-29-19-30(32(45-5)20-31(29)42(4)17-16-41(2)3)39-36-37-21-26(13-12-24-14-18-46-23-24)34(40-36)28-22-43-15-8-10-25-9-7-11-27(28)35(25)43/h6-7,9,11,19-22,24H,1,8,10,12-18,23H2,2-5H3,(H,38,44)(H,37,39,40). The van der Waals surface area contributed by atoms with Crippen LogP contribution in [0.2, 0.25) is 0 Å². The van der Waals surface area contributed by atoms with E-state index in [-0.39, 0.29) is 5.91 Å². The van der Waals surface area contributed by atoms with Crippen LogP contribution < -0.4 is 20.3 Å². The predicted molar refractivity (Wildman–Crippen MR) is 185 cm³/mol. The second kappa shape index (κ2) is 13.9. The van der Waals surface area contributed by atoms with Crippen molar-refractivity contribution < 1.29 is 14.3 Å². The number of para-hydroxylation sites is 1. The van der Waals surface area contributed by atoms with Crippen LogP contribution in [0, 0.1) is 5.92 Å². The molecule has 0 bridgehead atoms. The molecule has 0 spiro atoms. The van der Waals surface area contributed by atoms with E-state index >= 15 is 0 Å². The molecule has 1 unspecified atom stereocenters. The number of ether oxygens (including phenoxy) is 2. The highest BCUT2D eigenvalue weighted by atomic mass is 16.5. The molecule has 4 aromatic rings. The first-order valence-electron chi connectivity index (χ1n) is 16.2.